The number of Topliss-reactive ketones (excluding diaryl/α,β-unsaturated/α-hetero) is 1. The molecule has 0 atom stereocenters. The summed E-state index contributed by atoms with van der Waals surface area (Å²) in [5.74, 6) is 0.964. The normalized spacial score (nSPS) is 9.90. The molecule has 0 saturated heterocycles. The summed E-state index contributed by atoms with van der Waals surface area (Å²) >= 11 is 0. The molecule has 0 aliphatic heterocycles. The number of methoxy groups -OCH3 is 2. The summed E-state index contributed by atoms with van der Waals surface area (Å²) in [6, 6.07) is 14.5. The molecule has 0 amide bonds. The standard InChI is InChI=1S/C17H16O3/c1-12(13-7-5-4-6-8-13)17(18)15-10-9-14(19-2)11-16(15)20-3/h4-11H,1H2,2-3H3. The van der Waals surface area contributed by atoms with Crippen LogP contribution in [0.2, 0.25) is 0 Å². The molecule has 0 aromatic heterocycles. The second-order valence-corrected chi connectivity index (χ2v) is 4.24. The highest BCUT2D eigenvalue weighted by Gasteiger charge is 2.17. The molecule has 102 valence electrons. The lowest BCUT2D eigenvalue weighted by Gasteiger charge is -2.11. The Morgan fingerprint density at radius 3 is 2.30 bits per heavy atom. The number of carbonyl (C=O) groups is 1. The zero-order chi connectivity index (χ0) is 14.5. The minimum Gasteiger partial charge on any atom is -0.497 e. The van der Waals surface area contributed by atoms with E-state index in [-0.39, 0.29) is 5.78 Å². The summed E-state index contributed by atoms with van der Waals surface area (Å²) < 4.78 is 10.4. The van der Waals surface area contributed by atoms with E-state index in [1.807, 2.05) is 30.3 Å². The van der Waals surface area contributed by atoms with Gasteiger partial charge in [-0.25, -0.2) is 0 Å². The van der Waals surface area contributed by atoms with Gasteiger partial charge in [-0.2, -0.15) is 0 Å². The van der Waals surface area contributed by atoms with Crippen LogP contribution in [0.3, 0.4) is 0 Å². The monoisotopic (exact) mass is 268 g/mol. The molecule has 2 aromatic rings. The minimum atomic E-state index is -0.157. The number of rotatable bonds is 5. The van der Waals surface area contributed by atoms with Gasteiger partial charge in [0.05, 0.1) is 19.8 Å². The Morgan fingerprint density at radius 2 is 1.70 bits per heavy atom. The van der Waals surface area contributed by atoms with Crippen molar-refractivity contribution in [3.63, 3.8) is 0 Å². The van der Waals surface area contributed by atoms with Crippen LogP contribution in [0.4, 0.5) is 0 Å². The molecule has 2 rings (SSSR count). The largest absolute Gasteiger partial charge is 0.497 e. The molecular weight excluding hydrogens is 252 g/mol. The van der Waals surface area contributed by atoms with Crippen molar-refractivity contribution >= 4 is 11.4 Å². The first-order valence-corrected chi connectivity index (χ1v) is 6.18. The van der Waals surface area contributed by atoms with E-state index in [9.17, 15) is 4.79 Å². The van der Waals surface area contributed by atoms with Gasteiger partial charge in [-0.05, 0) is 17.7 Å². The summed E-state index contributed by atoms with van der Waals surface area (Å²) in [4.78, 5) is 12.5. The smallest absolute Gasteiger partial charge is 0.196 e. The van der Waals surface area contributed by atoms with E-state index in [1.165, 1.54) is 7.11 Å². The van der Waals surface area contributed by atoms with E-state index in [0.29, 0.717) is 22.6 Å². The highest BCUT2D eigenvalue weighted by molar-refractivity contribution is 6.29. The third kappa shape index (κ3) is 2.72. The predicted molar refractivity (Wildman–Crippen MR) is 79.4 cm³/mol. The molecule has 0 N–H and O–H groups in total. The molecule has 3 nitrogen and oxygen atoms in total. The van der Waals surface area contributed by atoms with Crippen LogP contribution >= 0.6 is 0 Å². The van der Waals surface area contributed by atoms with Crippen molar-refractivity contribution in [2.75, 3.05) is 14.2 Å². The van der Waals surface area contributed by atoms with Crippen LogP contribution in [0.25, 0.3) is 5.57 Å². The van der Waals surface area contributed by atoms with Crippen molar-refractivity contribution in [2.24, 2.45) is 0 Å². The van der Waals surface area contributed by atoms with Gasteiger partial charge in [0.25, 0.3) is 0 Å². The Balaban J connectivity index is 2.36. The molecule has 20 heavy (non-hydrogen) atoms. The van der Waals surface area contributed by atoms with Gasteiger partial charge in [0.15, 0.2) is 5.78 Å². The van der Waals surface area contributed by atoms with Gasteiger partial charge in [-0.1, -0.05) is 36.9 Å². The molecule has 0 saturated carbocycles. The van der Waals surface area contributed by atoms with Gasteiger partial charge in [-0.3, -0.25) is 4.79 Å². The Kier molecular flexibility index (Phi) is 4.20. The third-order valence-electron chi connectivity index (χ3n) is 3.05. The molecule has 0 radical (unpaired) electrons. The fourth-order valence-corrected chi connectivity index (χ4v) is 1.92. The third-order valence-corrected chi connectivity index (χ3v) is 3.05. The van der Waals surface area contributed by atoms with Crippen molar-refractivity contribution in [1.29, 1.82) is 0 Å². The fraction of sp³-hybridized carbons (Fsp3) is 0.118. The summed E-state index contributed by atoms with van der Waals surface area (Å²) in [5.41, 5.74) is 1.71. The van der Waals surface area contributed by atoms with Gasteiger partial charge in [0, 0.05) is 11.6 Å². The second-order valence-electron chi connectivity index (χ2n) is 4.24. The number of hydrogen-bond acceptors (Lipinski definition) is 3. The average Bonchev–Trinajstić information content (AvgIpc) is 2.53. The van der Waals surface area contributed by atoms with E-state index in [1.54, 1.807) is 25.3 Å². The van der Waals surface area contributed by atoms with Gasteiger partial charge in [-0.15, -0.1) is 0 Å². The van der Waals surface area contributed by atoms with E-state index < -0.39 is 0 Å². The lowest BCUT2D eigenvalue weighted by molar-refractivity contribution is 0.105. The van der Waals surface area contributed by atoms with Crippen LogP contribution in [0, 0.1) is 0 Å². The second kappa shape index (κ2) is 6.06. The van der Waals surface area contributed by atoms with Gasteiger partial charge >= 0.3 is 0 Å². The summed E-state index contributed by atoms with van der Waals surface area (Å²) in [5, 5.41) is 0. The lowest BCUT2D eigenvalue weighted by Crippen LogP contribution is -2.04. The van der Waals surface area contributed by atoms with E-state index in [4.69, 9.17) is 9.47 Å². The average molecular weight is 268 g/mol. The van der Waals surface area contributed by atoms with E-state index in [0.717, 1.165) is 5.56 Å². The van der Waals surface area contributed by atoms with Crippen molar-refractivity contribution in [3.05, 3.63) is 66.2 Å². The number of hydrogen-bond donors (Lipinski definition) is 0. The molecular formula is C17H16O3. The van der Waals surface area contributed by atoms with Crippen LogP contribution in [0.5, 0.6) is 11.5 Å². The molecule has 0 heterocycles. The topological polar surface area (TPSA) is 35.5 Å². The van der Waals surface area contributed by atoms with Crippen molar-refractivity contribution < 1.29 is 14.3 Å². The molecule has 3 heteroatoms. The first kappa shape index (κ1) is 13.9. The fourth-order valence-electron chi connectivity index (χ4n) is 1.92. The highest BCUT2D eigenvalue weighted by Crippen LogP contribution is 2.28. The Hall–Kier alpha value is -2.55. The Labute approximate surface area is 118 Å². The molecule has 2 aromatic carbocycles. The van der Waals surface area contributed by atoms with Crippen molar-refractivity contribution in [2.45, 2.75) is 0 Å². The first-order chi connectivity index (χ1) is 9.67. The molecule has 0 spiro atoms. The van der Waals surface area contributed by atoms with Gasteiger partial charge in [0.2, 0.25) is 0 Å². The zero-order valence-electron chi connectivity index (χ0n) is 11.6. The lowest BCUT2D eigenvalue weighted by atomic mass is 9.97. The van der Waals surface area contributed by atoms with E-state index >= 15 is 0 Å². The summed E-state index contributed by atoms with van der Waals surface area (Å²) in [6.45, 7) is 3.88. The van der Waals surface area contributed by atoms with Crippen molar-refractivity contribution in [3.8, 4) is 11.5 Å². The van der Waals surface area contributed by atoms with Crippen LogP contribution in [0.1, 0.15) is 15.9 Å². The Morgan fingerprint density at radius 1 is 1.00 bits per heavy atom. The molecule has 0 aliphatic rings. The molecule has 0 unspecified atom stereocenters. The van der Waals surface area contributed by atoms with E-state index in [2.05, 4.69) is 6.58 Å². The minimum absolute atomic E-state index is 0.157. The number of carbonyl (C=O) groups excluding carboxylic acids is 1. The van der Waals surface area contributed by atoms with Crippen LogP contribution in [-0.4, -0.2) is 20.0 Å². The van der Waals surface area contributed by atoms with Crippen LogP contribution < -0.4 is 9.47 Å². The maximum absolute atomic E-state index is 12.5. The summed E-state index contributed by atoms with van der Waals surface area (Å²) in [7, 11) is 3.09. The number of allylic oxidation sites excluding steroid dienone is 1. The van der Waals surface area contributed by atoms with Crippen LogP contribution in [0.15, 0.2) is 55.1 Å². The molecule has 0 fully saturated rings. The van der Waals surface area contributed by atoms with Gasteiger partial charge < -0.3 is 9.47 Å². The maximum Gasteiger partial charge on any atom is 0.196 e. The molecule has 0 bridgehead atoms. The first-order valence-electron chi connectivity index (χ1n) is 6.18. The van der Waals surface area contributed by atoms with Gasteiger partial charge in [0.1, 0.15) is 11.5 Å². The zero-order valence-corrected chi connectivity index (χ0v) is 11.6. The van der Waals surface area contributed by atoms with Crippen LogP contribution in [-0.2, 0) is 0 Å². The highest BCUT2D eigenvalue weighted by atomic mass is 16.5. The predicted octanol–water partition coefficient (Wildman–Crippen LogP) is 3.60. The number of ketones is 1. The summed E-state index contributed by atoms with van der Waals surface area (Å²) in [6.07, 6.45) is 0. The quantitative estimate of drug-likeness (QED) is 0.614. The number of ether oxygens (including phenoxy) is 2. The maximum atomic E-state index is 12.5. The number of benzene rings is 2. The SMILES string of the molecule is C=C(C(=O)c1ccc(OC)cc1OC)c1ccccc1. The van der Waals surface area contributed by atoms with Crippen molar-refractivity contribution in [1.82, 2.24) is 0 Å². The molecule has 0 aliphatic carbocycles. The Bertz CT molecular complexity index is 630.